The van der Waals surface area contributed by atoms with Gasteiger partial charge in [0.1, 0.15) is 0 Å². The molecule has 0 aliphatic carbocycles. The SMILES string of the molecule is O=S1(=O)N=S=NS(=O)(O)=N1. The van der Waals surface area contributed by atoms with E-state index in [1.165, 1.54) is 0 Å². The van der Waals surface area contributed by atoms with E-state index in [0.29, 0.717) is 0 Å². The van der Waals surface area contributed by atoms with Gasteiger partial charge in [0.15, 0.2) is 0 Å². The lowest BCUT2D eigenvalue weighted by molar-refractivity contribution is 0.553. The lowest BCUT2D eigenvalue weighted by atomic mass is 13.8. The molecule has 0 radical (unpaired) electrons. The Morgan fingerprint density at radius 1 is 1.20 bits per heavy atom. The second-order valence-electron chi connectivity index (χ2n) is 1.22. The van der Waals surface area contributed by atoms with Gasteiger partial charge in [0.25, 0.3) is 0 Å². The van der Waals surface area contributed by atoms with Crippen LogP contribution >= 0.6 is 0 Å². The van der Waals surface area contributed by atoms with Crippen molar-refractivity contribution in [3.63, 3.8) is 0 Å². The highest BCUT2D eigenvalue weighted by atomic mass is 32.3. The molecule has 1 rings (SSSR count). The highest BCUT2D eigenvalue weighted by Gasteiger charge is 2.14. The molecule has 10 heteroatoms. The van der Waals surface area contributed by atoms with Crippen LogP contribution < -0.4 is 0 Å². The third kappa shape index (κ3) is 1.83. The molecule has 0 saturated carbocycles. The van der Waals surface area contributed by atoms with Crippen molar-refractivity contribution in [3.8, 4) is 0 Å². The topological polar surface area (TPSA) is 109 Å². The van der Waals surface area contributed by atoms with Gasteiger partial charge in [0, 0.05) is 0 Å². The Hall–Kier alpha value is -0.320. The second-order valence-corrected chi connectivity index (χ2v) is 5.01. The summed E-state index contributed by atoms with van der Waals surface area (Å²) in [4.78, 5) is 0. The zero-order chi connectivity index (χ0) is 7.83. The largest absolute Gasteiger partial charge is 0.385 e. The first-order chi connectivity index (χ1) is 4.41. The lowest BCUT2D eigenvalue weighted by Gasteiger charge is -1.92. The minimum atomic E-state index is -4.10. The van der Waals surface area contributed by atoms with E-state index in [-0.39, 0.29) is 11.4 Å². The van der Waals surface area contributed by atoms with Crippen molar-refractivity contribution in [2.24, 2.45) is 11.3 Å². The van der Waals surface area contributed by atoms with Crippen LogP contribution in [0.15, 0.2) is 11.3 Å². The van der Waals surface area contributed by atoms with Crippen LogP contribution in [0.25, 0.3) is 0 Å². The zero-order valence-corrected chi connectivity index (χ0v) is 6.69. The monoisotopic (exact) mass is 203 g/mol. The number of hydrogen-bond acceptors (Lipinski definition) is 3. The molecule has 1 heterocycles. The van der Waals surface area contributed by atoms with Crippen LogP contribution in [0.5, 0.6) is 0 Å². The van der Waals surface area contributed by atoms with Gasteiger partial charge >= 0.3 is 20.4 Å². The van der Waals surface area contributed by atoms with Crippen LogP contribution in [0.2, 0.25) is 0 Å². The normalized spacial score (nSPS) is 36.1. The molecule has 1 N–H and O–H groups in total. The Morgan fingerprint density at radius 3 is 2.10 bits per heavy atom. The molecule has 1 atom stereocenters. The standard InChI is InChI=1S/HN3O4S3/c4-9(5)1-8-2-10(6,7)3-9/h(H,3,4,5). The van der Waals surface area contributed by atoms with Crippen molar-refractivity contribution in [3.05, 3.63) is 0 Å². The first kappa shape index (κ1) is 7.78. The average molecular weight is 203 g/mol. The third-order valence-electron chi connectivity index (χ3n) is 0.449. The minimum Gasteiger partial charge on any atom is -0.282 e. The van der Waals surface area contributed by atoms with Gasteiger partial charge in [-0.05, 0) is 3.77 Å². The van der Waals surface area contributed by atoms with Crippen LogP contribution in [0.3, 0.4) is 0 Å². The van der Waals surface area contributed by atoms with Crippen molar-refractivity contribution < 1.29 is 17.2 Å². The molecular weight excluding hydrogens is 202 g/mol. The van der Waals surface area contributed by atoms with Gasteiger partial charge in [-0.1, -0.05) is 7.54 Å². The number of nitrogens with zero attached hydrogens (tertiary/aromatic N) is 3. The fourth-order valence-corrected chi connectivity index (χ4v) is 2.98. The van der Waals surface area contributed by atoms with Crippen LogP contribution in [0.1, 0.15) is 0 Å². The average Bonchev–Trinajstić information content (AvgIpc) is 1.56. The van der Waals surface area contributed by atoms with Crippen molar-refractivity contribution >= 4 is 31.8 Å². The predicted molar refractivity (Wildman–Crippen MR) is 34.3 cm³/mol. The molecule has 0 aromatic heterocycles. The van der Waals surface area contributed by atoms with Crippen molar-refractivity contribution in [2.75, 3.05) is 0 Å². The molecule has 1 unspecified atom stereocenters. The molecule has 0 bridgehead atoms. The van der Waals surface area contributed by atoms with Crippen LogP contribution in [0.4, 0.5) is 0 Å². The number of hydrogen-bond donors (Lipinski definition) is 1. The first-order valence-electron chi connectivity index (χ1n) is 1.78. The highest BCUT2D eigenvalue weighted by Crippen LogP contribution is 2.05. The first-order valence-corrected chi connectivity index (χ1v) is 5.33. The van der Waals surface area contributed by atoms with Crippen molar-refractivity contribution in [1.82, 2.24) is 0 Å². The summed E-state index contributed by atoms with van der Waals surface area (Å²) in [7, 11) is -8.01. The van der Waals surface area contributed by atoms with E-state index in [1.807, 2.05) is 0 Å². The van der Waals surface area contributed by atoms with Crippen LogP contribution in [0, 0.1) is 0 Å². The second kappa shape index (κ2) is 2.08. The van der Waals surface area contributed by atoms with Gasteiger partial charge in [-0.25, -0.2) is 0 Å². The molecule has 7 nitrogen and oxygen atoms in total. The summed E-state index contributed by atoms with van der Waals surface area (Å²) in [5.74, 6) is 0. The van der Waals surface area contributed by atoms with E-state index in [0.717, 1.165) is 0 Å². The van der Waals surface area contributed by atoms with Crippen LogP contribution in [-0.2, 0) is 31.8 Å². The van der Waals surface area contributed by atoms with E-state index in [4.69, 9.17) is 4.55 Å². The summed E-state index contributed by atoms with van der Waals surface area (Å²) >= 11 is 0.152. The maximum absolute atomic E-state index is 10.4. The minimum absolute atomic E-state index is 0.152. The Morgan fingerprint density at radius 2 is 1.80 bits per heavy atom. The Kier molecular flexibility index (Phi) is 1.62. The molecule has 0 aromatic carbocycles. The Bertz CT molecular complexity index is 413. The summed E-state index contributed by atoms with van der Waals surface area (Å²) in [6, 6.07) is 0. The fourth-order valence-electron chi connectivity index (χ4n) is 0.249. The van der Waals surface area contributed by atoms with Gasteiger partial charge in [0.05, 0.1) is 11.4 Å². The fraction of sp³-hybridized carbons (Fsp3) is 0. The number of rotatable bonds is 0. The maximum atomic E-state index is 10.4. The van der Waals surface area contributed by atoms with Gasteiger partial charge in [-0.3, -0.25) is 4.55 Å². The van der Waals surface area contributed by atoms with E-state index in [1.54, 1.807) is 0 Å². The summed E-state index contributed by atoms with van der Waals surface area (Å²) in [6.45, 7) is 0. The summed E-state index contributed by atoms with van der Waals surface area (Å²) in [6.07, 6.45) is 0. The maximum Gasteiger partial charge on any atom is 0.385 e. The van der Waals surface area contributed by atoms with E-state index in [9.17, 15) is 12.6 Å². The lowest BCUT2D eigenvalue weighted by Crippen LogP contribution is -2.00. The molecule has 10 heavy (non-hydrogen) atoms. The predicted octanol–water partition coefficient (Wildman–Crippen LogP) is -0.449. The highest BCUT2D eigenvalue weighted by molar-refractivity contribution is 8.04. The van der Waals surface area contributed by atoms with Crippen molar-refractivity contribution in [1.29, 1.82) is 0 Å². The zero-order valence-electron chi connectivity index (χ0n) is 4.24. The molecule has 0 aromatic rings. The van der Waals surface area contributed by atoms with E-state index >= 15 is 0 Å². The molecule has 1 aliphatic heterocycles. The van der Waals surface area contributed by atoms with Gasteiger partial charge < -0.3 is 0 Å². The smallest absolute Gasteiger partial charge is 0.282 e. The third-order valence-corrected chi connectivity index (χ3v) is 4.04. The molecule has 0 amide bonds. The molecule has 0 saturated heterocycles. The van der Waals surface area contributed by atoms with Gasteiger partial charge in [-0.15, -0.1) is 0 Å². The molecule has 58 valence electrons. The quantitative estimate of drug-likeness (QED) is 0.575. The van der Waals surface area contributed by atoms with Gasteiger partial charge in [-0.2, -0.15) is 12.6 Å². The van der Waals surface area contributed by atoms with E-state index in [2.05, 4.69) is 11.3 Å². The van der Waals surface area contributed by atoms with Gasteiger partial charge in [0.2, 0.25) is 0 Å². The molecular formula is HN3O4S3. The summed E-state index contributed by atoms with van der Waals surface area (Å²) in [5.41, 5.74) is 0. The molecule has 0 fully saturated rings. The summed E-state index contributed by atoms with van der Waals surface area (Å²) < 4.78 is 47.5. The van der Waals surface area contributed by atoms with Crippen molar-refractivity contribution in [2.45, 2.75) is 0 Å². The van der Waals surface area contributed by atoms with Crippen LogP contribution in [-0.4, -0.2) is 17.2 Å². The summed E-state index contributed by atoms with van der Waals surface area (Å²) in [5, 5.41) is 0. The Labute approximate surface area is 60.7 Å². The van der Waals surface area contributed by atoms with E-state index < -0.39 is 20.4 Å². The molecule has 0 spiro atoms. The Balaban J connectivity index is 3.62. The molecule has 1 aliphatic rings.